The summed E-state index contributed by atoms with van der Waals surface area (Å²) >= 11 is 0. The van der Waals surface area contributed by atoms with E-state index in [2.05, 4.69) is 15.0 Å². The summed E-state index contributed by atoms with van der Waals surface area (Å²) in [4.78, 5) is 44.5. The summed E-state index contributed by atoms with van der Waals surface area (Å²) in [7, 11) is 0. The number of H-pyrrole nitrogens is 3. The van der Waals surface area contributed by atoms with Crippen molar-refractivity contribution in [3.63, 3.8) is 0 Å². The van der Waals surface area contributed by atoms with Crippen LogP contribution in [0.3, 0.4) is 0 Å². The Morgan fingerprint density at radius 3 is 2.00 bits per heavy atom. The van der Waals surface area contributed by atoms with Crippen molar-refractivity contribution in [1.82, 2.24) is 15.0 Å². The highest BCUT2D eigenvalue weighted by Gasteiger charge is 2.23. The van der Waals surface area contributed by atoms with E-state index >= 15 is 0 Å². The van der Waals surface area contributed by atoms with Gasteiger partial charge in [0.15, 0.2) is 0 Å². The number of ketones is 1. The quantitative estimate of drug-likeness (QED) is 0.354. The minimum atomic E-state index is -0.699. The normalized spacial score (nSPS) is 11.0. The molecule has 2 aromatic heterocycles. The molecule has 0 atom stereocenters. The average Bonchev–Trinajstić information content (AvgIpc) is 3.02. The molecule has 8 nitrogen and oxygen atoms in total. The van der Waals surface area contributed by atoms with E-state index < -0.39 is 17.0 Å². The van der Waals surface area contributed by atoms with Gasteiger partial charge < -0.3 is 15.2 Å². The third kappa shape index (κ3) is 2.78. The van der Waals surface area contributed by atoms with E-state index in [4.69, 9.17) is 0 Å². The van der Waals surface area contributed by atoms with E-state index in [-0.39, 0.29) is 33.8 Å². The van der Waals surface area contributed by atoms with E-state index in [0.717, 1.165) is 0 Å². The molecule has 0 fully saturated rings. The van der Waals surface area contributed by atoms with Gasteiger partial charge in [-0.05, 0) is 42.0 Å². The predicted molar refractivity (Wildman–Crippen MR) is 98.2 cm³/mol. The van der Waals surface area contributed by atoms with Crippen LogP contribution in [0.15, 0.2) is 58.1 Å². The zero-order valence-electron chi connectivity index (χ0n) is 13.7. The van der Waals surface area contributed by atoms with Gasteiger partial charge in [-0.1, -0.05) is 12.1 Å². The number of hydrogen-bond donors (Lipinski definition) is 5. The molecule has 4 aromatic rings. The number of carbonyl (C=O) groups excluding carboxylic acids is 1. The van der Waals surface area contributed by atoms with Crippen LogP contribution < -0.4 is 11.2 Å². The fourth-order valence-corrected chi connectivity index (χ4v) is 2.98. The second kappa shape index (κ2) is 6.03. The minimum absolute atomic E-state index is 0.0164. The monoisotopic (exact) mass is 363 g/mol. The summed E-state index contributed by atoms with van der Waals surface area (Å²) in [6.07, 6.45) is 0. The Labute approximate surface area is 150 Å². The number of aromatic nitrogens is 3. The van der Waals surface area contributed by atoms with Crippen molar-refractivity contribution in [2.24, 2.45) is 0 Å². The molecule has 134 valence electrons. The molecule has 0 aliphatic heterocycles. The summed E-state index contributed by atoms with van der Waals surface area (Å²) in [5.41, 5.74) is -0.00684. The highest BCUT2D eigenvalue weighted by Crippen LogP contribution is 2.32. The maximum atomic E-state index is 13.0. The van der Waals surface area contributed by atoms with Gasteiger partial charge in [0.05, 0.1) is 11.1 Å². The van der Waals surface area contributed by atoms with E-state index in [1.54, 1.807) is 12.1 Å². The number of carbonyl (C=O) groups is 1. The first-order valence-corrected chi connectivity index (χ1v) is 7.95. The molecule has 27 heavy (non-hydrogen) atoms. The van der Waals surface area contributed by atoms with Gasteiger partial charge in [-0.2, -0.15) is 0 Å². The highest BCUT2D eigenvalue weighted by molar-refractivity contribution is 6.16. The van der Waals surface area contributed by atoms with Crippen molar-refractivity contribution in [1.29, 1.82) is 0 Å². The lowest BCUT2D eigenvalue weighted by Gasteiger charge is -2.05. The van der Waals surface area contributed by atoms with Gasteiger partial charge in [-0.25, -0.2) is 4.79 Å². The van der Waals surface area contributed by atoms with E-state index in [0.29, 0.717) is 11.1 Å². The highest BCUT2D eigenvalue weighted by atomic mass is 16.3. The third-order valence-electron chi connectivity index (χ3n) is 4.21. The Bertz CT molecular complexity index is 1280. The molecule has 0 aliphatic rings. The lowest BCUT2D eigenvalue weighted by Crippen LogP contribution is -2.21. The van der Waals surface area contributed by atoms with Gasteiger partial charge >= 0.3 is 5.69 Å². The number of phenolic OH excluding ortho intramolecular Hbond substituents is 2. The molecule has 0 bridgehead atoms. The van der Waals surface area contributed by atoms with Crippen LogP contribution in [0.5, 0.6) is 11.5 Å². The fourth-order valence-electron chi connectivity index (χ4n) is 2.98. The molecule has 0 amide bonds. The molecule has 4 rings (SSSR count). The van der Waals surface area contributed by atoms with Gasteiger partial charge in [0.1, 0.15) is 17.1 Å². The molecular formula is C19H13N3O5. The van der Waals surface area contributed by atoms with Crippen LogP contribution in [-0.2, 0) is 0 Å². The standard InChI is InChI=1S/C19H13N3O5/c23-11-5-1-9(2-6-11)13-14-17(21-19(27)22-18(14)26)20-15(13)16(25)10-3-7-12(24)8-4-10/h1-8,23-24H,(H3,20,21,22,26,27). The van der Waals surface area contributed by atoms with Crippen LogP contribution in [0.2, 0.25) is 0 Å². The molecule has 0 saturated carbocycles. The van der Waals surface area contributed by atoms with E-state index in [1.807, 2.05) is 0 Å². The average molecular weight is 363 g/mol. The first-order valence-electron chi connectivity index (χ1n) is 7.95. The van der Waals surface area contributed by atoms with Crippen LogP contribution in [-0.4, -0.2) is 30.9 Å². The predicted octanol–water partition coefficient (Wildman–Crippen LogP) is 1.85. The smallest absolute Gasteiger partial charge is 0.327 e. The van der Waals surface area contributed by atoms with Crippen LogP contribution in [0.25, 0.3) is 22.2 Å². The lowest BCUT2D eigenvalue weighted by molar-refractivity contribution is 0.103. The Kier molecular flexibility index (Phi) is 3.66. The first kappa shape index (κ1) is 16.4. The van der Waals surface area contributed by atoms with Crippen LogP contribution in [0.1, 0.15) is 16.1 Å². The van der Waals surface area contributed by atoms with Crippen molar-refractivity contribution < 1.29 is 15.0 Å². The molecular weight excluding hydrogens is 350 g/mol. The number of aromatic hydroxyl groups is 2. The Morgan fingerprint density at radius 1 is 0.778 bits per heavy atom. The molecule has 0 unspecified atom stereocenters. The molecule has 2 aromatic carbocycles. The lowest BCUT2D eigenvalue weighted by atomic mass is 9.98. The molecule has 5 N–H and O–H groups in total. The Hall–Kier alpha value is -4.07. The van der Waals surface area contributed by atoms with Gasteiger partial charge in [0.2, 0.25) is 5.78 Å². The summed E-state index contributed by atoms with van der Waals surface area (Å²) in [5.74, 6) is -0.371. The fraction of sp³-hybridized carbons (Fsp3) is 0. The first-order chi connectivity index (χ1) is 12.9. The summed E-state index contributed by atoms with van der Waals surface area (Å²) < 4.78 is 0. The number of hydrogen-bond acceptors (Lipinski definition) is 5. The van der Waals surface area contributed by atoms with Crippen molar-refractivity contribution >= 4 is 16.8 Å². The number of rotatable bonds is 3. The molecule has 0 spiro atoms. The van der Waals surface area contributed by atoms with Gasteiger partial charge in [0.25, 0.3) is 5.56 Å². The molecule has 0 aliphatic carbocycles. The van der Waals surface area contributed by atoms with E-state index in [1.165, 1.54) is 36.4 Å². The van der Waals surface area contributed by atoms with Gasteiger partial charge in [-0.15, -0.1) is 0 Å². The molecule has 0 radical (unpaired) electrons. The number of nitrogens with one attached hydrogen (secondary N) is 3. The maximum absolute atomic E-state index is 13.0. The van der Waals surface area contributed by atoms with Crippen LogP contribution in [0, 0.1) is 0 Å². The van der Waals surface area contributed by atoms with Crippen molar-refractivity contribution in [3.05, 3.63) is 80.6 Å². The van der Waals surface area contributed by atoms with Crippen molar-refractivity contribution in [2.45, 2.75) is 0 Å². The van der Waals surface area contributed by atoms with Crippen molar-refractivity contribution in [2.75, 3.05) is 0 Å². The van der Waals surface area contributed by atoms with Crippen LogP contribution >= 0.6 is 0 Å². The van der Waals surface area contributed by atoms with Crippen molar-refractivity contribution in [3.8, 4) is 22.6 Å². The number of fused-ring (bicyclic) bond motifs is 1. The Morgan fingerprint density at radius 2 is 1.37 bits per heavy atom. The van der Waals surface area contributed by atoms with Gasteiger partial charge in [0, 0.05) is 11.1 Å². The zero-order valence-corrected chi connectivity index (χ0v) is 13.7. The molecule has 8 heteroatoms. The third-order valence-corrected chi connectivity index (χ3v) is 4.21. The summed E-state index contributed by atoms with van der Waals surface area (Å²) in [6.45, 7) is 0. The number of phenols is 2. The summed E-state index contributed by atoms with van der Waals surface area (Å²) in [6, 6.07) is 11.7. The number of benzene rings is 2. The summed E-state index contributed by atoms with van der Waals surface area (Å²) in [5, 5.41) is 19.1. The second-order valence-electron chi connectivity index (χ2n) is 5.96. The topological polar surface area (TPSA) is 139 Å². The minimum Gasteiger partial charge on any atom is -0.508 e. The van der Waals surface area contributed by atoms with E-state index in [9.17, 15) is 24.6 Å². The SMILES string of the molecule is O=C(c1ccc(O)cc1)c1[nH]c2[nH]c(=O)[nH]c(=O)c2c1-c1ccc(O)cc1. The molecule has 2 heterocycles. The second-order valence-corrected chi connectivity index (χ2v) is 5.96. The van der Waals surface area contributed by atoms with Crippen LogP contribution in [0.4, 0.5) is 0 Å². The van der Waals surface area contributed by atoms with Gasteiger partial charge in [-0.3, -0.25) is 19.6 Å². The zero-order chi connectivity index (χ0) is 19.1. The largest absolute Gasteiger partial charge is 0.508 e. The maximum Gasteiger partial charge on any atom is 0.327 e. The molecule has 0 saturated heterocycles. The Balaban J connectivity index is 2.03. The number of aromatic amines is 3.